The summed E-state index contributed by atoms with van der Waals surface area (Å²) in [5.74, 6) is 0.269. The van der Waals surface area contributed by atoms with E-state index < -0.39 is 0 Å². The van der Waals surface area contributed by atoms with E-state index in [1.807, 2.05) is 4.90 Å². The maximum absolute atomic E-state index is 13.4. The second-order valence-electron chi connectivity index (χ2n) is 5.03. The van der Waals surface area contributed by atoms with Crippen molar-refractivity contribution >= 4 is 66.0 Å². The van der Waals surface area contributed by atoms with Crippen LogP contribution in [-0.4, -0.2) is 15.9 Å². The van der Waals surface area contributed by atoms with Gasteiger partial charge >= 0.3 is 0 Å². The maximum atomic E-state index is 13.4. The van der Waals surface area contributed by atoms with E-state index in [0.717, 1.165) is 18.5 Å². The first-order valence-corrected chi connectivity index (χ1v) is 8.93. The van der Waals surface area contributed by atoms with Crippen LogP contribution >= 0.6 is 54.5 Å². The molecule has 0 radical (unpaired) electrons. The van der Waals surface area contributed by atoms with E-state index in [1.165, 1.54) is 12.1 Å². The molecule has 3 atom stereocenters. The highest BCUT2D eigenvalue weighted by molar-refractivity contribution is 14.1. The molecule has 1 aromatic rings. The van der Waals surface area contributed by atoms with Crippen molar-refractivity contribution in [3.8, 4) is 0 Å². The Bertz CT molecular complexity index is 530. The highest BCUT2D eigenvalue weighted by atomic mass is 127. The molecule has 2 nitrogen and oxygen atoms in total. The van der Waals surface area contributed by atoms with Gasteiger partial charge in [-0.05, 0) is 62.8 Å². The second-order valence-corrected chi connectivity index (χ2v) is 8.34. The zero-order valence-electron chi connectivity index (χ0n) is 9.88. The third-order valence-electron chi connectivity index (χ3n) is 3.89. The molecule has 19 heavy (non-hydrogen) atoms. The molecule has 1 aliphatic carbocycles. The smallest absolute Gasteiger partial charge is 0.227 e. The standard InChI is InChI=1S/C13H11Br2FINO/c14-8-4-7(16)5-9(15)13(8)18-11(19)3-6-1-2-10(17)12(6)18/h4-6,10,12H,1-3H2/t6-,10+,12+/m1/s1. The molecule has 0 aromatic heterocycles. The van der Waals surface area contributed by atoms with Crippen molar-refractivity contribution < 1.29 is 9.18 Å². The number of alkyl halides is 1. The lowest BCUT2D eigenvalue weighted by atomic mass is 10.0. The van der Waals surface area contributed by atoms with Crippen molar-refractivity contribution in [2.75, 3.05) is 4.90 Å². The summed E-state index contributed by atoms with van der Waals surface area (Å²) in [4.78, 5) is 14.2. The summed E-state index contributed by atoms with van der Waals surface area (Å²) in [7, 11) is 0. The lowest BCUT2D eigenvalue weighted by Crippen LogP contribution is -2.38. The number of amides is 1. The molecule has 2 fully saturated rings. The van der Waals surface area contributed by atoms with Crippen LogP contribution in [0.1, 0.15) is 19.3 Å². The molecule has 1 aliphatic heterocycles. The summed E-state index contributed by atoms with van der Waals surface area (Å²) in [6.07, 6.45) is 2.87. The van der Waals surface area contributed by atoms with Crippen LogP contribution in [0.5, 0.6) is 0 Å². The molecule has 1 aromatic carbocycles. The Morgan fingerprint density at radius 2 is 1.89 bits per heavy atom. The number of anilines is 1. The quantitative estimate of drug-likeness (QED) is 0.404. The first kappa shape index (κ1) is 14.3. The lowest BCUT2D eigenvalue weighted by Gasteiger charge is -2.28. The highest BCUT2D eigenvalue weighted by Crippen LogP contribution is 2.47. The normalized spacial score (nSPS) is 30.0. The Labute approximate surface area is 141 Å². The van der Waals surface area contributed by atoms with E-state index in [4.69, 9.17) is 0 Å². The van der Waals surface area contributed by atoms with Gasteiger partial charge < -0.3 is 4.90 Å². The molecular weight excluding hydrogens is 492 g/mol. The van der Waals surface area contributed by atoms with Gasteiger partial charge in [-0.1, -0.05) is 22.6 Å². The van der Waals surface area contributed by atoms with E-state index in [0.29, 0.717) is 25.2 Å². The van der Waals surface area contributed by atoms with Crippen LogP contribution in [0, 0.1) is 11.7 Å². The average Bonchev–Trinajstić information content (AvgIpc) is 2.80. The van der Waals surface area contributed by atoms with Crippen LogP contribution in [0.4, 0.5) is 10.1 Å². The molecule has 0 N–H and O–H groups in total. The fraction of sp³-hybridized carbons (Fsp3) is 0.462. The van der Waals surface area contributed by atoms with Crippen LogP contribution in [0.3, 0.4) is 0 Å². The molecule has 1 saturated carbocycles. The van der Waals surface area contributed by atoms with E-state index in [1.54, 1.807) is 0 Å². The van der Waals surface area contributed by atoms with Crippen molar-refractivity contribution in [3.05, 3.63) is 26.9 Å². The van der Waals surface area contributed by atoms with E-state index in [9.17, 15) is 9.18 Å². The van der Waals surface area contributed by atoms with Crippen molar-refractivity contribution in [3.63, 3.8) is 0 Å². The number of fused-ring (bicyclic) bond motifs is 1. The van der Waals surface area contributed by atoms with Gasteiger partial charge in [-0.2, -0.15) is 0 Å². The number of carbonyl (C=O) groups excluding carboxylic acids is 1. The number of benzene rings is 1. The molecular formula is C13H11Br2FINO. The lowest BCUT2D eigenvalue weighted by molar-refractivity contribution is -0.117. The van der Waals surface area contributed by atoms with Crippen molar-refractivity contribution in [1.82, 2.24) is 0 Å². The van der Waals surface area contributed by atoms with Crippen LogP contribution in [0.15, 0.2) is 21.1 Å². The minimum atomic E-state index is -0.317. The minimum Gasteiger partial charge on any atom is -0.306 e. The van der Waals surface area contributed by atoms with Crippen molar-refractivity contribution in [1.29, 1.82) is 0 Å². The zero-order chi connectivity index (χ0) is 13.7. The Morgan fingerprint density at radius 1 is 1.26 bits per heavy atom. The molecule has 1 saturated heterocycles. The van der Waals surface area contributed by atoms with Crippen LogP contribution in [0.25, 0.3) is 0 Å². The predicted octanol–water partition coefficient (Wildman–Crippen LogP) is 4.67. The number of hydrogen-bond acceptors (Lipinski definition) is 1. The molecule has 1 heterocycles. The van der Waals surface area contributed by atoms with Crippen molar-refractivity contribution in [2.45, 2.75) is 29.2 Å². The van der Waals surface area contributed by atoms with Crippen LogP contribution < -0.4 is 4.90 Å². The van der Waals surface area contributed by atoms with Gasteiger partial charge in [0.05, 0.1) is 11.7 Å². The summed E-state index contributed by atoms with van der Waals surface area (Å²) in [5, 5.41) is 0. The van der Waals surface area contributed by atoms with Crippen molar-refractivity contribution in [2.24, 2.45) is 5.92 Å². The molecule has 0 unspecified atom stereocenters. The van der Waals surface area contributed by atoms with Gasteiger partial charge in [-0.25, -0.2) is 4.39 Å². The highest BCUT2D eigenvalue weighted by Gasteiger charge is 2.48. The maximum Gasteiger partial charge on any atom is 0.227 e. The van der Waals surface area contributed by atoms with E-state index in [2.05, 4.69) is 54.5 Å². The first-order valence-electron chi connectivity index (χ1n) is 6.09. The number of carbonyl (C=O) groups is 1. The second kappa shape index (κ2) is 5.26. The van der Waals surface area contributed by atoms with E-state index in [-0.39, 0.29) is 17.8 Å². The topological polar surface area (TPSA) is 20.3 Å². The average molecular weight is 503 g/mol. The molecule has 2 aliphatic rings. The monoisotopic (exact) mass is 501 g/mol. The summed E-state index contributed by atoms with van der Waals surface area (Å²) in [5.41, 5.74) is 0.766. The minimum absolute atomic E-state index is 0.143. The van der Waals surface area contributed by atoms with Gasteiger partial charge in [0, 0.05) is 19.3 Å². The number of hydrogen-bond donors (Lipinski definition) is 0. The third kappa shape index (κ3) is 2.37. The SMILES string of the molecule is O=C1C[C@H]2CC[C@H](I)[C@H]2N1c1c(Br)cc(F)cc1Br. The summed E-state index contributed by atoms with van der Waals surface area (Å²) < 4.78 is 15.1. The van der Waals surface area contributed by atoms with Gasteiger partial charge in [0.2, 0.25) is 5.91 Å². The Hall–Kier alpha value is 0.310. The first-order chi connectivity index (χ1) is 8.99. The van der Waals surface area contributed by atoms with Gasteiger partial charge in [0.15, 0.2) is 0 Å². The summed E-state index contributed by atoms with van der Waals surface area (Å²) in [6.45, 7) is 0. The van der Waals surface area contributed by atoms with Gasteiger partial charge in [-0.3, -0.25) is 4.79 Å². The van der Waals surface area contributed by atoms with Gasteiger partial charge in [0.25, 0.3) is 0 Å². The fourth-order valence-corrected chi connectivity index (χ4v) is 5.91. The van der Waals surface area contributed by atoms with Gasteiger partial charge in [0.1, 0.15) is 5.82 Å². The Kier molecular flexibility index (Phi) is 3.94. The number of nitrogens with zero attached hydrogens (tertiary/aromatic N) is 1. The summed E-state index contributed by atoms with van der Waals surface area (Å²) in [6, 6.07) is 3.07. The van der Waals surface area contributed by atoms with Crippen LogP contribution in [0.2, 0.25) is 0 Å². The fourth-order valence-electron chi connectivity index (χ4n) is 3.13. The van der Waals surface area contributed by atoms with Crippen LogP contribution in [-0.2, 0) is 4.79 Å². The Balaban J connectivity index is 2.08. The number of rotatable bonds is 1. The molecule has 0 bridgehead atoms. The summed E-state index contributed by atoms with van der Waals surface area (Å²) >= 11 is 9.20. The molecule has 1 amide bonds. The molecule has 3 rings (SSSR count). The largest absolute Gasteiger partial charge is 0.306 e. The Morgan fingerprint density at radius 3 is 2.53 bits per heavy atom. The van der Waals surface area contributed by atoms with Gasteiger partial charge in [-0.15, -0.1) is 0 Å². The predicted molar refractivity (Wildman–Crippen MR) is 88.2 cm³/mol. The molecule has 102 valence electrons. The zero-order valence-corrected chi connectivity index (χ0v) is 15.2. The van der Waals surface area contributed by atoms with E-state index >= 15 is 0 Å². The molecule has 6 heteroatoms. The number of halogens is 4. The third-order valence-corrected chi connectivity index (χ3v) is 6.46. The molecule has 0 spiro atoms.